The van der Waals surface area contributed by atoms with Gasteiger partial charge < -0.3 is 29.5 Å². The quantitative estimate of drug-likeness (QED) is 0.526. The van der Waals surface area contributed by atoms with E-state index in [1.165, 1.54) is 0 Å². The summed E-state index contributed by atoms with van der Waals surface area (Å²) in [4.78, 5) is 34.8. The fraction of sp³-hybridized carbons (Fsp3) is 0.500. The Kier molecular flexibility index (Phi) is 10.3. The summed E-state index contributed by atoms with van der Waals surface area (Å²) in [5.74, 6) is -2.83. The van der Waals surface area contributed by atoms with E-state index in [1.54, 1.807) is 18.7 Å². The summed E-state index contributed by atoms with van der Waals surface area (Å²) in [6, 6.07) is 5.86. The molecule has 0 radical (unpaired) electrons. The molecule has 2 aliphatic rings. The Balaban J connectivity index is 0.000000317. The molecule has 216 valence electrons. The van der Waals surface area contributed by atoms with Crippen LogP contribution in [0.15, 0.2) is 36.9 Å². The Hall–Kier alpha value is -3.89. The summed E-state index contributed by atoms with van der Waals surface area (Å²) in [6.07, 6.45) is -3.06. The van der Waals surface area contributed by atoms with Crippen molar-refractivity contribution in [2.75, 3.05) is 43.6 Å². The van der Waals surface area contributed by atoms with Gasteiger partial charge in [0.15, 0.2) is 0 Å². The van der Waals surface area contributed by atoms with Gasteiger partial charge in [-0.3, -0.25) is 4.98 Å². The highest BCUT2D eigenvalue weighted by Crippen LogP contribution is 2.38. The zero-order chi connectivity index (χ0) is 29.4. The fourth-order valence-electron chi connectivity index (χ4n) is 3.48. The van der Waals surface area contributed by atoms with E-state index in [2.05, 4.69) is 19.9 Å². The van der Waals surface area contributed by atoms with Crippen LogP contribution in [-0.4, -0.2) is 95.0 Å². The first-order valence-corrected chi connectivity index (χ1v) is 11.1. The summed E-state index contributed by atoms with van der Waals surface area (Å²) in [5, 5.41) is 14.2. The zero-order valence-corrected chi connectivity index (χ0v) is 20.6. The molecule has 2 aromatic rings. The highest BCUT2D eigenvalue weighted by atomic mass is 19.4. The lowest BCUT2D eigenvalue weighted by Gasteiger charge is -2.53. The average Bonchev–Trinajstić information content (AvgIpc) is 2.83. The number of aliphatic carboxylic acids is 2. The van der Waals surface area contributed by atoms with Gasteiger partial charge in [-0.15, -0.1) is 0 Å². The maximum absolute atomic E-state index is 10.6. The molecule has 4 rings (SSSR count). The number of carboxylic acid groups (broad SMARTS) is 2. The number of anilines is 2. The normalized spacial score (nSPS) is 17.9. The Morgan fingerprint density at radius 3 is 2.18 bits per heavy atom. The molecule has 1 atom stereocenters. The number of pyridine rings is 1. The average molecular weight is 569 g/mol. The number of hydrogen-bond acceptors (Lipinski definition) is 9. The van der Waals surface area contributed by atoms with Crippen LogP contribution in [0.5, 0.6) is 5.75 Å². The Labute approximate surface area is 218 Å². The highest BCUT2D eigenvalue weighted by molar-refractivity contribution is 5.73. The molecule has 0 aliphatic carbocycles. The lowest BCUT2D eigenvalue weighted by Crippen LogP contribution is -2.66. The number of hydrogen-bond donors (Lipinski definition) is 2. The van der Waals surface area contributed by atoms with Crippen LogP contribution >= 0.6 is 0 Å². The first kappa shape index (κ1) is 31.3. The number of carboxylic acids is 2. The maximum Gasteiger partial charge on any atom is 0.490 e. The van der Waals surface area contributed by atoms with E-state index >= 15 is 0 Å². The van der Waals surface area contributed by atoms with Crippen LogP contribution in [-0.2, 0) is 14.3 Å². The largest absolute Gasteiger partial charge is 0.490 e. The van der Waals surface area contributed by atoms with Crippen LogP contribution in [0.2, 0.25) is 0 Å². The third-order valence-electron chi connectivity index (χ3n) is 5.25. The number of halogens is 6. The summed E-state index contributed by atoms with van der Waals surface area (Å²) >= 11 is 0. The minimum absolute atomic E-state index is 0.131. The topological polar surface area (TPSA) is 138 Å². The van der Waals surface area contributed by atoms with Crippen molar-refractivity contribution >= 4 is 23.6 Å². The fourth-order valence-corrected chi connectivity index (χ4v) is 3.48. The van der Waals surface area contributed by atoms with E-state index in [0.29, 0.717) is 0 Å². The van der Waals surface area contributed by atoms with Gasteiger partial charge in [-0.1, -0.05) is 0 Å². The molecule has 0 bridgehead atoms. The second-order valence-corrected chi connectivity index (χ2v) is 8.54. The van der Waals surface area contributed by atoms with Crippen LogP contribution in [0.3, 0.4) is 0 Å². The van der Waals surface area contributed by atoms with E-state index in [4.69, 9.17) is 29.3 Å². The molecule has 2 aliphatic heterocycles. The third kappa shape index (κ3) is 9.73. The Morgan fingerprint density at radius 2 is 1.69 bits per heavy atom. The maximum atomic E-state index is 10.6. The number of rotatable bonds is 4. The minimum atomic E-state index is -5.08. The highest BCUT2D eigenvalue weighted by Gasteiger charge is 2.49. The zero-order valence-electron chi connectivity index (χ0n) is 20.6. The molecular formula is C22H25F6N5O6. The van der Waals surface area contributed by atoms with E-state index in [1.807, 2.05) is 37.2 Å². The minimum Gasteiger partial charge on any atom is -0.489 e. The van der Waals surface area contributed by atoms with Gasteiger partial charge in [0, 0.05) is 39.2 Å². The van der Waals surface area contributed by atoms with E-state index in [0.717, 1.165) is 49.9 Å². The number of alkyl halides is 6. The number of carbonyl (C=O) groups is 2. The molecule has 2 aromatic heterocycles. The van der Waals surface area contributed by atoms with Gasteiger partial charge in [0.2, 0.25) is 0 Å². The predicted octanol–water partition coefficient (Wildman–Crippen LogP) is 3.02. The first-order valence-electron chi connectivity index (χ1n) is 11.1. The Bertz CT molecular complexity index is 1070. The van der Waals surface area contributed by atoms with Crippen molar-refractivity contribution in [1.29, 1.82) is 0 Å². The molecular weight excluding hydrogens is 544 g/mol. The van der Waals surface area contributed by atoms with Crippen LogP contribution in [0.25, 0.3) is 0 Å². The number of aromatic nitrogens is 3. The molecule has 2 fully saturated rings. The van der Waals surface area contributed by atoms with Gasteiger partial charge in [-0.2, -0.15) is 26.3 Å². The summed E-state index contributed by atoms with van der Waals surface area (Å²) in [7, 11) is 3.96. The van der Waals surface area contributed by atoms with Gasteiger partial charge in [-0.05, 0) is 12.1 Å². The van der Waals surface area contributed by atoms with Crippen LogP contribution in [0.4, 0.5) is 38.0 Å². The molecule has 1 spiro atoms. The summed E-state index contributed by atoms with van der Waals surface area (Å²) in [6.45, 7) is 2.40. The predicted molar refractivity (Wildman–Crippen MR) is 123 cm³/mol. The molecule has 0 saturated carbocycles. The molecule has 0 aromatic carbocycles. The molecule has 2 saturated heterocycles. The van der Waals surface area contributed by atoms with Crippen molar-refractivity contribution in [2.24, 2.45) is 0 Å². The molecule has 0 amide bonds. The lowest BCUT2D eigenvalue weighted by atomic mass is 9.84. The van der Waals surface area contributed by atoms with Crippen molar-refractivity contribution in [2.45, 2.75) is 36.9 Å². The first-order chi connectivity index (χ1) is 18.0. The number of ether oxygens (including phenoxy) is 2. The monoisotopic (exact) mass is 569 g/mol. The second-order valence-electron chi connectivity index (χ2n) is 8.54. The second kappa shape index (κ2) is 12.8. The SMILES string of the molecule is CN(C)c1cc(N2CC3(CC(Oc4cccnc4)CCO3)C2)ncn1.O=C(O)C(F)(F)F.O=C(O)C(F)(F)F. The van der Waals surface area contributed by atoms with Gasteiger partial charge in [0.05, 0.1) is 25.9 Å². The molecule has 4 heterocycles. The number of nitrogens with zero attached hydrogens (tertiary/aromatic N) is 5. The smallest absolute Gasteiger partial charge is 0.489 e. The molecule has 11 nitrogen and oxygen atoms in total. The molecule has 17 heteroatoms. The van der Waals surface area contributed by atoms with Crippen molar-refractivity contribution in [1.82, 2.24) is 15.0 Å². The van der Waals surface area contributed by atoms with Crippen LogP contribution in [0.1, 0.15) is 12.8 Å². The third-order valence-corrected chi connectivity index (χ3v) is 5.25. The van der Waals surface area contributed by atoms with Crippen LogP contribution < -0.4 is 14.5 Å². The summed E-state index contributed by atoms with van der Waals surface area (Å²) < 4.78 is 75.7. The van der Waals surface area contributed by atoms with Gasteiger partial charge in [0.1, 0.15) is 35.4 Å². The van der Waals surface area contributed by atoms with Crippen LogP contribution in [0, 0.1) is 0 Å². The standard InChI is InChI=1S/C18H23N5O2.2C2HF3O2/c1-22(2)16-8-17(21-13-20-16)23-11-18(12-23)9-14(5-7-24-18)25-15-4-3-6-19-10-15;2*3-2(4,5)1(6)7/h3-4,6,8,10,13-14H,5,7,9,11-12H2,1-2H3;2*(H,6,7). The lowest BCUT2D eigenvalue weighted by molar-refractivity contribution is -0.193. The van der Waals surface area contributed by atoms with Crippen molar-refractivity contribution in [3.05, 3.63) is 36.9 Å². The van der Waals surface area contributed by atoms with Gasteiger partial charge >= 0.3 is 24.3 Å². The van der Waals surface area contributed by atoms with E-state index < -0.39 is 24.3 Å². The van der Waals surface area contributed by atoms with E-state index in [-0.39, 0.29) is 11.7 Å². The molecule has 39 heavy (non-hydrogen) atoms. The molecule has 1 unspecified atom stereocenters. The van der Waals surface area contributed by atoms with Gasteiger partial charge in [-0.25, -0.2) is 19.6 Å². The van der Waals surface area contributed by atoms with E-state index in [9.17, 15) is 26.3 Å². The van der Waals surface area contributed by atoms with Gasteiger partial charge in [0.25, 0.3) is 0 Å². The summed E-state index contributed by atoms with van der Waals surface area (Å²) in [5.41, 5.74) is -0.131. The van der Waals surface area contributed by atoms with Crippen molar-refractivity contribution in [3.63, 3.8) is 0 Å². The van der Waals surface area contributed by atoms with Crippen molar-refractivity contribution in [3.8, 4) is 5.75 Å². The van der Waals surface area contributed by atoms with Crippen molar-refractivity contribution < 1.29 is 55.6 Å². The Morgan fingerprint density at radius 1 is 1.10 bits per heavy atom. The molecule has 2 N–H and O–H groups in total.